The number of halogens is 3. The fourth-order valence-electron chi connectivity index (χ4n) is 9.56. The Morgan fingerprint density at radius 2 is 1.63 bits per heavy atom. The zero-order chi connectivity index (χ0) is 39.6. The molecule has 2 aromatic carbocycles. The van der Waals surface area contributed by atoms with Gasteiger partial charge in [0.25, 0.3) is 5.91 Å². The van der Waals surface area contributed by atoms with Gasteiger partial charge in [0.2, 0.25) is 11.8 Å². The Morgan fingerprint density at radius 3 is 2.40 bits per heavy atom. The predicted octanol–water partition coefficient (Wildman–Crippen LogP) is 3.65. The molecule has 2 unspecified atom stereocenters. The van der Waals surface area contributed by atoms with Crippen LogP contribution in [0.2, 0.25) is 0 Å². The summed E-state index contributed by atoms with van der Waals surface area (Å²) in [5.74, 6) is 0.0162. The quantitative estimate of drug-likeness (QED) is 0.285. The molecule has 57 heavy (non-hydrogen) atoms. The number of piperazine rings is 2. The second-order valence-corrected chi connectivity index (χ2v) is 16.1. The van der Waals surface area contributed by atoms with Gasteiger partial charge in [-0.3, -0.25) is 24.6 Å². The van der Waals surface area contributed by atoms with Crippen LogP contribution in [0.1, 0.15) is 41.6 Å². The highest BCUT2D eigenvalue weighted by molar-refractivity contribution is 6.05. The minimum Gasteiger partial charge on any atom is -0.507 e. The molecule has 3 aromatic rings. The van der Waals surface area contributed by atoms with Gasteiger partial charge in [-0.1, -0.05) is 18.2 Å². The normalized spacial score (nSPS) is 24.6. The van der Waals surface area contributed by atoms with Gasteiger partial charge >= 0.3 is 12.2 Å². The summed E-state index contributed by atoms with van der Waals surface area (Å²) in [6, 6.07) is 11.9. The van der Waals surface area contributed by atoms with Crippen molar-refractivity contribution in [1.29, 1.82) is 0 Å². The minimum absolute atomic E-state index is 0.0454. The number of imide groups is 1. The topological polar surface area (TPSA) is 148 Å². The highest BCUT2D eigenvalue weighted by atomic mass is 19.4. The number of urea groups is 1. The van der Waals surface area contributed by atoms with Crippen LogP contribution in [-0.4, -0.2) is 143 Å². The molecule has 0 saturated carbocycles. The average molecular weight is 790 g/mol. The molecule has 4 fully saturated rings. The molecule has 6 aliphatic rings. The minimum atomic E-state index is -4.50. The number of piperidine rings is 2. The first-order valence-electron chi connectivity index (χ1n) is 19.8. The Balaban J connectivity index is 0.787. The number of amides is 5. The summed E-state index contributed by atoms with van der Waals surface area (Å²) < 4.78 is 43.9. The molecule has 1 aromatic heterocycles. The molecule has 0 spiro atoms. The largest absolute Gasteiger partial charge is 0.507 e. The van der Waals surface area contributed by atoms with E-state index in [4.69, 9.17) is 0 Å². The second-order valence-electron chi connectivity index (χ2n) is 16.1. The molecular formula is C40H46F3N9O5. The van der Waals surface area contributed by atoms with Crippen molar-refractivity contribution in [1.82, 2.24) is 29.9 Å². The number of carbonyl (C=O) groups is 4. The van der Waals surface area contributed by atoms with Crippen LogP contribution in [0.25, 0.3) is 11.3 Å². The SMILES string of the molecule is O=C1CCC(N2Cc3ccc(N4CCC(CN5CCN(C(=O)N6CCN7c8cc(-c9ccccc9O)[nH]c8NC[C@H]7C6)CC5C(F)(F)F)CC4)cc3C2=O)C(=O)N1. The van der Waals surface area contributed by atoms with E-state index in [1.807, 2.05) is 36.4 Å². The van der Waals surface area contributed by atoms with Crippen molar-refractivity contribution in [2.45, 2.75) is 56.5 Å². The van der Waals surface area contributed by atoms with E-state index in [-0.39, 0.29) is 61.6 Å². The molecular weight excluding hydrogens is 743 g/mol. The molecule has 5 amide bonds. The lowest BCUT2D eigenvalue weighted by molar-refractivity contribution is -0.196. The number of para-hydroxylation sites is 1. The molecule has 17 heteroatoms. The Morgan fingerprint density at radius 1 is 0.860 bits per heavy atom. The number of nitrogens with one attached hydrogen (secondary N) is 3. The fraction of sp³-hybridized carbons (Fsp3) is 0.500. The summed E-state index contributed by atoms with van der Waals surface area (Å²) in [5, 5.41) is 16.1. The zero-order valence-corrected chi connectivity index (χ0v) is 31.4. The molecule has 0 bridgehead atoms. The fourth-order valence-corrected chi connectivity index (χ4v) is 9.56. The van der Waals surface area contributed by atoms with Gasteiger partial charge in [0.15, 0.2) is 0 Å². The number of aromatic hydroxyl groups is 1. The maximum atomic E-state index is 14.6. The third-order valence-corrected chi connectivity index (χ3v) is 12.7. The predicted molar refractivity (Wildman–Crippen MR) is 205 cm³/mol. The van der Waals surface area contributed by atoms with E-state index in [9.17, 15) is 37.5 Å². The van der Waals surface area contributed by atoms with E-state index >= 15 is 0 Å². The third kappa shape index (κ3) is 6.99. The van der Waals surface area contributed by atoms with Crippen molar-refractivity contribution in [2.24, 2.45) is 5.92 Å². The molecule has 4 saturated heterocycles. The van der Waals surface area contributed by atoms with Crippen LogP contribution in [0.15, 0.2) is 48.5 Å². The van der Waals surface area contributed by atoms with E-state index in [0.29, 0.717) is 76.2 Å². The van der Waals surface area contributed by atoms with Crippen molar-refractivity contribution >= 4 is 40.9 Å². The van der Waals surface area contributed by atoms with Gasteiger partial charge in [-0.15, -0.1) is 0 Å². The Labute approximate surface area is 327 Å². The first-order chi connectivity index (χ1) is 27.4. The third-order valence-electron chi connectivity index (χ3n) is 12.7. The van der Waals surface area contributed by atoms with Gasteiger partial charge in [0, 0.05) is 95.2 Å². The van der Waals surface area contributed by atoms with E-state index in [1.165, 1.54) is 14.7 Å². The van der Waals surface area contributed by atoms with Gasteiger partial charge in [-0.05, 0) is 61.1 Å². The van der Waals surface area contributed by atoms with Crippen molar-refractivity contribution in [3.8, 4) is 17.0 Å². The maximum absolute atomic E-state index is 14.6. The van der Waals surface area contributed by atoms with Crippen LogP contribution in [0.3, 0.4) is 0 Å². The number of fused-ring (bicyclic) bond motifs is 4. The maximum Gasteiger partial charge on any atom is 0.405 e. The lowest BCUT2D eigenvalue weighted by Gasteiger charge is -2.48. The molecule has 9 rings (SSSR count). The van der Waals surface area contributed by atoms with Crippen LogP contribution in [0.5, 0.6) is 5.75 Å². The lowest BCUT2D eigenvalue weighted by atomic mass is 9.94. The number of carbonyl (C=O) groups excluding carboxylic acids is 4. The van der Waals surface area contributed by atoms with Gasteiger partial charge < -0.3 is 39.9 Å². The Bertz CT molecular complexity index is 2080. The van der Waals surface area contributed by atoms with E-state index in [2.05, 4.69) is 25.4 Å². The number of rotatable bonds is 5. The molecule has 0 radical (unpaired) electrons. The number of hydrogen-bond donors (Lipinski definition) is 4. The molecule has 0 aliphatic carbocycles. The monoisotopic (exact) mass is 789 g/mol. The molecule has 3 atom stereocenters. The first-order valence-corrected chi connectivity index (χ1v) is 19.8. The molecule has 14 nitrogen and oxygen atoms in total. The van der Waals surface area contributed by atoms with Crippen molar-refractivity contribution in [2.75, 3.05) is 80.6 Å². The Kier molecular flexibility index (Phi) is 9.44. The molecule has 4 N–H and O–H groups in total. The Hall–Kier alpha value is -5.45. The number of benzene rings is 2. The number of nitrogens with zero attached hydrogens (tertiary/aromatic N) is 6. The van der Waals surface area contributed by atoms with Crippen LogP contribution < -0.4 is 20.4 Å². The smallest absolute Gasteiger partial charge is 0.405 e. The summed E-state index contributed by atoms with van der Waals surface area (Å²) in [4.78, 5) is 65.0. The van der Waals surface area contributed by atoms with Crippen LogP contribution >= 0.6 is 0 Å². The van der Waals surface area contributed by atoms with Gasteiger partial charge in [0.1, 0.15) is 23.7 Å². The van der Waals surface area contributed by atoms with Crippen LogP contribution in [0.4, 0.5) is 35.2 Å². The van der Waals surface area contributed by atoms with Gasteiger partial charge in [-0.2, -0.15) is 13.2 Å². The van der Waals surface area contributed by atoms with Gasteiger partial charge in [0.05, 0.1) is 17.4 Å². The van der Waals surface area contributed by atoms with Crippen LogP contribution in [-0.2, 0) is 16.1 Å². The number of H-pyrrole nitrogens is 1. The summed E-state index contributed by atoms with van der Waals surface area (Å²) in [6.45, 7) is 3.67. The standard InChI is InChI=1S/C40H46F3N9O5/c41-40(42,43)34-23-50(39(57)49-15-16-51-27(22-49)19-44-36-32(51)18-30(45-36)28-3-1-2-4-33(28)53)14-13-48(34)20-24-9-11-47(12-10-24)26-6-5-25-21-52(38(56)29(25)17-26)31-7-8-35(54)46-37(31)55/h1-6,17-18,24,27,31,34,44-45,53H,7-16,19-23H2,(H,46,54,55)/t27-,31?,34?/m0/s1. The van der Waals surface area contributed by atoms with E-state index < -0.39 is 30.7 Å². The van der Waals surface area contributed by atoms with Crippen molar-refractivity contribution in [3.05, 3.63) is 59.7 Å². The highest BCUT2D eigenvalue weighted by Crippen LogP contribution is 2.40. The number of hydrogen-bond acceptors (Lipinski definition) is 9. The summed E-state index contributed by atoms with van der Waals surface area (Å²) in [7, 11) is 0. The van der Waals surface area contributed by atoms with Crippen molar-refractivity contribution < 1.29 is 37.5 Å². The number of anilines is 3. The second kappa shape index (κ2) is 14.5. The highest BCUT2D eigenvalue weighted by Gasteiger charge is 2.49. The summed E-state index contributed by atoms with van der Waals surface area (Å²) >= 11 is 0. The van der Waals surface area contributed by atoms with Crippen molar-refractivity contribution in [3.63, 3.8) is 0 Å². The lowest BCUT2D eigenvalue weighted by Crippen LogP contribution is -2.65. The van der Waals surface area contributed by atoms with E-state index in [0.717, 1.165) is 28.5 Å². The molecule has 6 aliphatic heterocycles. The summed E-state index contributed by atoms with van der Waals surface area (Å²) in [5.41, 5.74) is 4.61. The van der Waals surface area contributed by atoms with Crippen LogP contribution in [0, 0.1) is 5.92 Å². The number of phenols is 1. The molecule has 7 heterocycles. The van der Waals surface area contributed by atoms with E-state index in [1.54, 1.807) is 17.0 Å². The zero-order valence-electron chi connectivity index (χ0n) is 31.4. The van der Waals surface area contributed by atoms with Gasteiger partial charge in [-0.25, -0.2) is 4.79 Å². The number of aromatic nitrogens is 1. The number of phenolic OH excluding ortho intramolecular Hbond substituents is 1. The first kappa shape index (κ1) is 37.1. The average Bonchev–Trinajstić information content (AvgIpc) is 3.78. The molecule has 302 valence electrons. The number of aromatic amines is 1. The number of alkyl halides is 3. The summed E-state index contributed by atoms with van der Waals surface area (Å²) in [6.07, 6.45) is -2.64.